The Morgan fingerprint density at radius 1 is 1.44 bits per heavy atom. The Morgan fingerprint density at radius 3 is 2.56 bits per heavy atom. The predicted molar refractivity (Wildman–Crippen MR) is 77.9 cm³/mol. The summed E-state index contributed by atoms with van der Waals surface area (Å²) in [6.45, 7) is 8.85. The maximum atomic E-state index is 10.5. The molecule has 4 nitrogen and oxygen atoms in total. The first-order chi connectivity index (χ1) is 8.28. The van der Waals surface area contributed by atoms with Crippen molar-refractivity contribution < 1.29 is 4.92 Å². The topological polar surface area (TPSA) is 56.0 Å². The maximum absolute atomic E-state index is 10.5. The van der Waals surface area contributed by atoms with E-state index in [1.54, 1.807) is 27.7 Å². The summed E-state index contributed by atoms with van der Waals surface area (Å²) in [4.78, 5) is 14.1. The van der Waals surface area contributed by atoms with Crippen LogP contribution >= 0.6 is 21.6 Å². The molecule has 100 valence electrons. The molecular formula is C12H18N2O2S2. The molecule has 18 heavy (non-hydrogen) atoms. The molecule has 1 heterocycles. The molecule has 0 aromatic carbocycles. The zero-order chi connectivity index (χ0) is 13.8. The molecule has 1 atom stereocenters. The molecule has 0 saturated carbocycles. The predicted octanol–water partition coefficient (Wildman–Crippen LogP) is 4.55. The van der Waals surface area contributed by atoms with E-state index in [2.05, 4.69) is 32.7 Å². The third-order valence-corrected chi connectivity index (χ3v) is 4.92. The summed E-state index contributed by atoms with van der Waals surface area (Å²) in [5.41, 5.74) is 0.350. The standard InChI is InChI=1S/C12H18N2O2S2/c1-9(7-12(2,3)4)17-18-11-6-5-10(8-13-11)14(15)16/h5-6,8-9H,7H2,1-4H3. The fourth-order valence-electron chi connectivity index (χ4n) is 1.56. The molecule has 0 saturated heterocycles. The fourth-order valence-corrected chi connectivity index (χ4v) is 3.90. The minimum atomic E-state index is -0.434. The van der Waals surface area contributed by atoms with Crippen molar-refractivity contribution in [3.63, 3.8) is 0 Å². The molecule has 0 aliphatic heterocycles. The van der Waals surface area contributed by atoms with Crippen LogP contribution in [0, 0.1) is 15.5 Å². The summed E-state index contributed by atoms with van der Waals surface area (Å²) in [7, 11) is 3.33. The molecule has 0 spiro atoms. The summed E-state index contributed by atoms with van der Waals surface area (Å²) in [5.74, 6) is 0. The van der Waals surface area contributed by atoms with Crippen LogP contribution in [0.3, 0.4) is 0 Å². The molecule has 1 aromatic rings. The van der Waals surface area contributed by atoms with Gasteiger partial charge in [0.15, 0.2) is 0 Å². The summed E-state index contributed by atoms with van der Waals surface area (Å²) in [6, 6.07) is 3.18. The molecule has 1 rings (SSSR count). The van der Waals surface area contributed by atoms with E-state index in [0.717, 1.165) is 11.4 Å². The average Bonchev–Trinajstić information content (AvgIpc) is 2.24. The number of aromatic nitrogens is 1. The normalized spacial score (nSPS) is 13.3. The van der Waals surface area contributed by atoms with Gasteiger partial charge >= 0.3 is 0 Å². The van der Waals surface area contributed by atoms with E-state index in [0.29, 0.717) is 10.7 Å². The first-order valence-corrected chi connectivity index (χ1v) is 7.93. The molecule has 1 aromatic heterocycles. The van der Waals surface area contributed by atoms with E-state index >= 15 is 0 Å². The van der Waals surface area contributed by atoms with E-state index in [1.165, 1.54) is 12.3 Å². The van der Waals surface area contributed by atoms with Crippen molar-refractivity contribution in [1.82, 2.24) is 4.98 Å². The summed E-state index contributed by atoms with van der Waals surface area (Å²) in [6.07, 6.45) is 2.43. The zero-order valence-corrected chi connectivity index (χ0v) is 12.7. The second-order valence-corrected chi connectivity index (χ2v) is 8.03. The molecule has 0 amide bonds. The minimum Gasteiger partial charge on any atom is -0.258 e. The van der Waals surface area contributed by atoms with E-state index in [1.807, 2.05) is 0 Å². The quantitative estimate of drug-likeness (QED) is 0.451. The van der Waals surface area contributed by atoms with Crippen molar-refractivity contribution in [1.29, 1.82) is 0 Å². The largest absolute Gasteiger partial charge is 0.287 e. The van der Waals surface area contributed by atoms with E-state index in [-0.39, 0.29) is 5.69 Å². The second-order valence-electron chi connectivity index (χ2n) is 5.37. The van der Waals surface area contributed by atoms with Crippen LogP contribution in [-0.4, -0.2) is 15.2 Å². The molecule has 0 radical (unpaired) electrons. The van der Waals surface area contributed by atoms with Gasteiger partial charge in [0.05, 0.1) is 4.92 Å². The van der Waals surface area contributed by atoms with Gasteiger partial charge in [0.25, 0.3) is 5.69 Å². The van der Waals surface area contributed by atoms with Gasteiger partial charge in [-0.3, -0.25) is 10.1 Å². The molecule has 1 unspecified atom stereocenters. The van der Waals surface area contributed by atoms with Crippen molar-refractivity contribution >= 4 is 27.3 Å². The second kappa shape index (κ2) is 6.43. The number of hydrogen-bond donors (Lipinski definition) is 0. The monoisotopic (exact) mass is 286 g/mol. The van der Waals surface area contributed by atoms with Gasteiger partial charge in [-0.15, -0.1) is 0 Å². The van der Waals surface area contributed by atoms with Crippen molar-refractivity contribution in [2.24, 2.45) is 5.41 Å². The van der Waals surface area contributed by atoms with E-state index in [4.69, 9.17) is 0 Å². The highest BCUT2D eigenvalue weighted by Gasteiger charge is 2.16. The van der Waals surface area contributed by atoms with Crippen molar-refractivity contribution in [3.8, 4) is 0 Å². The van der Waals surface area contributed by atoms with Crippen LogP contribution in [0.15, 0.2) is 23.4 Å². The fraction of sp³-hybridized carbons (Fsp3) is 0.583. The number of nitro groups is 1. The van der Waals surface area contributed by atoms with Gasteiger partial charge in [-0.2, -0.15) is 0 Å². The van der Waals surface area contributed by atoms with Crippen LogP contribution in [0.5, 0.6) is 0 Å². The average molecular weight is 286 g/mol. The van der Waals surface area contributed by atoms with Gasteiger partial charge in [0.2, 0.25) is 0 Å². The molecule has 0 aliphatic carbocycles. The summed E-state index contributed by atoms with van der Waals surface area (Å²) < 4.78 is 0. The smallest absolute Gasteiger partial charge is 0.258 e. The maximum Gasteiger partial charge on any atom is 0.287 e. The Kier molecular flexibility index (Phi) is 5.47. The van der Waals surface area contributed by atoms with Gasteiger partial charge < -0.3 is 0 Å². The molecule has 0 fully saturated rings. The van der Waals surface area contributed by atoms with Crippen molar-refractivity contribution in [3.05, 3.63) is 28.4 Å². The Morgan fingerprint density at radius 2 is 2.11 bits per heavy atom. The van der Waals surface area contributed by atoms with Crippen LogP contribution in [0.1, 0.15) is 34.1 Å². The summed E-state index contributed by atoms with van der Waals surface area (Å²) in [5, 5.41) is 11.8. The van der Waals surface area contributed by atoms with Gasteiger partial charge in [0.1, 0.15) is 11.2 Å². The third kappa shape index (κ3) is 5.73. The lowest BCUT2D eigenvalue weighted by molar-refractivity contribution is -0.385. The molecule has 6 heteroatoms. The number of hydrogen-bond acceptors (Lipinski definition) is 5. The van der Waals surface area contributed by atoms with Crippen molar-refractivity contribution in [2.75, 3.05) is 0 Å². The lowest BCUT2D eigenvalue weighted by Gasteiger charge is -2.22. The lowest BCUT2D eigenvalue weighted by Crippen LogP contribution is -2.11. The molecule has 0 bridgehead atoms. The number of rotatable bonds is 5. The summed E-state index contributed by atoms with van der Waals surface area (Å²) >= 11 is 0. The molecule has 0 aliphatic rings. The van der Waals surface area contributed by atoms with Gasteiger partial charge in [0, 0.05) is 11.3 Å². The minimum absolute atomic E-state index is 0.0343. The zero-order valence-electron chi connectivity index (χ0n) is 11.0. The molecule has 0 N–H and O–H groups in total. The van der Waals surface area contributed by atoms with Gasteiger partial charge in [-0.25, -0.2) is 4.98 Å². The third-order valence-electron chi connectivity index (χ3n) is 2.13. The van der Waals surface area contributed by atoms with Crippen LogP contribution in [0.2, 0.25) is 0 Å². The Balaban J connectivity index is 2.46. The lowest BCUT2D eigenvalue weighted by atomic mass is 9.91. The van der Waals surface area contributed by atoms with E-state index in [9.17, 15) is 10.1 Å². The number of pyridine rings is 1. The van der Waals surface area contributed by atoms with E-state index < -0.39 is 4.92 Å². The SMILES string of the molecule is CC(CC(C)(C)C)SSc1ccc([N+](=O)[O-])cn1. The van der Waals surface area contributed by atoms with Crippen molar-refractivity contribution in [2.45, 2.75) is 44.4 Å². The highest BCUT2D eigenvalue weighted by Crippen LogP contribution is 2.38. The molecular weight excluding hydrogens is 268 g/mol. The van der Waals surface area contributed by atoms with Gasteiger partial charge in [-0.1, -0.05) is 38.5 Å². The Hall–Kier alpha value is -0.750. The highest BCUT2D eigenvalue weighted by molar-refractivity contribution is 8.76. The van der Waals surface area contributed by atoms with Crippen LogP contribution in [0.4, 0.5) is 5.69 Å². The Bertz CT molecular complexity index is 402. The van der Waals surface area contributed by atoms with Gasteiger partial charge in [-0.05, 0) is 28.7 Å². The highest BCUT2D eigenvalue weighted by atomic mass is 33.1. The Labute approximate surface area is 116 Å². The first kappa shape index (κ1) is 15.3. The van der Waals surface area contributed by atoms with Crippen LogP contribution in [-0.2, 0) is 0 Å². The number of nitrogens with zero attached hydrogens (tertiary/aromatic N) is 2. The van der Waals surface area contributed by atoms with Crippen LogP contribution < -0.4 is 0 Å². The van der Waals surface area contributed by atoms with Crippen LogP contribution in [0.25, 0.3) is 0 Å². The first-order valence-electron chi connectivity index (χ1n) is 5.72.